The summed E-state index contributed by atoms with van der Waals surface area (Å²) in [6.07, 6.45) is 0.166. The van der Waals surface area contributed by atoms with E-state index in [1.807, 2.05) is 32.0 Å². The van der Waals surface area contributed by atoms with Gasteiger partial charge in [0, 0.05) is 12.1 Å². The van der Waals surface area contributed by atoms with Crippen molar-refractivity contribution < 1.29 is 9.53 Å². The molecule has 102 valence electrons. The van der Waals surface area contributed by atoms with E-state index in [1.165, 1.54) is 0 Å². The second-order valence-electron chi connectivity index (χ2n) is 4.23. The van der Waals surface area contributed by atoms with Crippen LogP contribution in [0.3, 0.4) is 0 Å². The number of nitrogens with one attached hydrogen (secondary N) is 1. The summed E-state index contributed by atoms with van der Waals surface area (Å²) >= 11 is 0. The van der Waals surface area contributed by atoms with Crippen LogP contribution in [-0.2, 0) is 4.74 Å². The lowest BCUT2D eigenvalue weighted by Crippen LogP contribution is -2.28. The van der Waals surface area contributed by atoms with Crippen LogP contribution in [0, 0.1) is 11.8 Å². The Morgan fingerprint density at radius 3 is 2.84 bits per heavy atom. The molecule has 0 aliphatic rings. The Labute approximate surface area is 114 Å². The minimum Gasteiger partial charge on any atom is -0.377 e. The number of hydrogen-bond donors (Lipinski definition) is 2. The Morgan fingerprint density at radius 2 is 2.16 bits per heavy atom. The molecule has 0 heterocycles. The van der Waals surface area contributed by atoms with Gasteiger partial charge in [0.1, 0.15) is 0 Å². The minimum atomic E-state index is -0.144. The van der Waals surface area contributed by atoms with Crippen LogP contribution < -0.4 is 11.1 Å². The average molecular weight is 260 g/mol. The number of amides is 1. The summed E-state index contributed by atoms with van der Waals surface area (Å²) in [5.41, 5.74) is 6.59. The van der Waals surface area contributed by atoms with Crippen LogP contribution in [0.4, 0.5) is 0 Å². The highest BCUT2D eigenvalue weighted by Gasteiger charge is 2.08. The standard InChI is InChI=1S/C15H20N2O2/c1-12(2)19-11-10-17-15(18)14-8-4-3-6-13(14)7-5-9-16/h3-4,6,8,12H,9-11,16H2,1-2H3,(H,17,18). The summed E-state index contributed by atoms with van der Waals surface area (Å²) in [6.45, 7) is 5.17. The normalized spacial score (nSPS) is 9.89. The van der Waals surface area contributed by atoms with Gasteiger partial charge in [0.15, 0.2) is 0 Å². The van der Waals surface area contributed by atoms with Gasteiger partial charge in [-0.25, -0.2) is 0 Å². The highest BCUT2D eigenvalue weighted by molar-refractivity contribution is 5.96. The molecular weight excluding hydrogens is 240 g/mol. The van der Waals surface area contributed by atoms with Crippen molar-refractivity contribution in [3.05, 3.63) is 35.4 Å². The maximum atomic E-state index is 12.0. The Bertz CT molecular complexity index is 473. The zero-order chi connectivity index (χ0) is 14.1. The smallest absolute Gasteiger partial charge is 0.252 e. The van der Waals surface area contributed by atoms with Crippen LogP contribution in [0.2, 0.25) is 0 Å². The van der Waals surface area contributed by atoms with E-state index in [0.717, 1.165) is 0 Å². The molecular formula is C15H20N2O2. The van der Waals surface area contributed by atoms with Gasteiger partial charge in [0.05, 0.1) is 24.8 Å². The molecule has 1 rings (SSSR count). The molecule has 0 aliphatic heterocycles. The monoisotopic (exact) mass is 260 g/mol. The van der Waals surface area contributed by atoms with Crippen molar-refractivity contribution in [2.75, 3.05) is 19.7 Å². The third-order valence-electron chi connectivity index (χ3n) is 2.34. The number of hydrogen-bond acceptors (Lipinski definition) is 3. The van der Waals surface area contributed by atoms with Gasteiger partial charge in [-0.3, -0.25) is 4.79 Å². The zero-order valence-electron chi connectivity index (χ0n) is 11.4. The third-order valence-corrected chi connectivity index (χ3v) is 2.34. The molecule has 1 amide bonds. The summed E-state index contributed by atoms with van der Waals surface area (Å²) in [4.78, 5) is 12.0. The van der Waals surface area contributed by atoms with E-state index >= 15 is 0 Å². The predicted octanol–water partition coefficient (Wildman–Crippen LogP) is 1.15. The Hall–Kier alpha value is -1.83. The Kier molecular flexibility index (Phi) is 6.65. The molecule has 4 nitrogen and oxygen atoms in total. The van der Waals surface area contributed by atoms with Crippen LogP contribution in [0.15, 0.2) is 24.3 Å². The maximum absolute atomic E-state index is 12.0. The van der Waals surface area contributed by atoms with E-state index in [-0.39, 0.29) is 18.6 Å². The van der Waals surface area contributed by atoms with E-state index in [2.05, 4.69) is 17.2 Å². The Balaban J connectivity index is 2.61. The number of carbonyl (C=O) groups is 1. The number of ether oxygens (including phenoxy) is 1. The van der Waals surface area contributed by atoms with E-state index in [4.69, 9.17) is 10.5 Å². The molecule has 1 aromatic rings. The molecule has 4 heteroatoms. The van der Waals surface area contributed by atoms with Crippen LogP contribution in [-0.4, -0.2) is 31.7 Å². The number of carbonyl (C=O) groups excluding carboxylic acids is 1. The second kappa shape index (κ2) is 8.30. The van der Waals surface area contributed by atoms with E-state index in [0.29, 0.717) is 24.3 Å². The van der Waals surface area contributed by atoms with Crippen molar-refractivity contribution in [2.24, 2.45) is 5.73 Å². The largest absolute Gasteiger partial charge is 0.377 e. The summed E-state index contributed by atoms with van der Waals surface area (Å²) < 4.78 is 5.36. The first-order chi connectivity index (χ1) is 9.15. The molecule has 0 fully saturated rings. The van der Waals surface area contributed by atoms with Gasteiger partial charge in [-0.2, -0.15) is 0 Å². The highest BCUT2D eigenvalue weighted by Crippen LogP contribution is 2.06. The second-order valence-corrected chi connectivity index (χ2v) is 4.23. The topological polar surface area (TPSA) is 64.3 Å². The molecule has 0 saturated heterocycles. The molecule has 3 N–H and O–H groups in total. The first kappa shape index (κ1) is 15.2. The number of nitrogens with two attached hydrogens (primary N) is 1. The van der Waals surface area contributed by atoms with Gasteiger partial charge in [0.2, 0.25) is 0 Å². The zero-order valence-corrected chi connectivity index (χ0v) is 11.4. The van der Waals surface area contributed by atoms with Gasteiger partial charge in [-0.15, -0.1) is 0 Å². The van der Waals surface area contributed by atoms with Crippen LogP contribution in [0.25, 0.3) is 0 Å². The van der Waals surface area contributed by atoms with Crippen molar-refractivity contribution in [3.8, 4) is 11.8 Å². The van der Waals surface area contributed by atoms with Crippen molar-refractivity contribution in [2.45, 2.75) is 20.0 Å². The molecule has 0 saturated carbocycles. The first-order valence-corrected chi connectivity index (χ1v) is 6.33. The van der Waals surface area contributed by atoms with Gasteiger partial charge < -0.3 is 15.8 Å². The van der Waals surface area contributed by atoms with E-state index in [1.54, 1.807) is 6.07 Å². The fraction of sp³-hybridized carbons (Fsp3) is 0.400. The molecule has 0 spiro atoms. The fourth-order valence-electron chi connectivity index (χ4n) is 1.49. The summed E-state index contributed by atoms with van der Waals surface area (Å²) in [6, 6.07) is 7.22. The molecule has 19 heavy (non-hydrogen) atoms. The summed E-state index contributed by atoms with van der Waals surface area (Å²) in [5, 5.41) is 2.81. The van der Waals surface area contributed by atoms with Crippen LogP contribution in [0.1, 0.15) is 29.8 Å². The molecule has 0 atom stereocenters. The first-order valence-electron chi connectivity index (χ1n) is 6.33. The average Bonchev–Trinajstić information content (AvgIpc) is 2.41. The summed E-state index contributed by atoms with van der Waals surface area (Å²) in [5.74, 6) is 5.51. The van der Waals surface area contributed by atoms with Crippen molar-refractivity contribution in [3.63, 3.8) is 0 Å². The predicted molar refractivity (Wildman–Crippen MR) is 75.8 cm³/mol. The molecule has 0 aliphatic carbocycles. The van der Waals surface area contributed by atoms with Gasteiger partial charge in [-0.05, 0) is 26.0 Å². The van der Waals surface area contributed by atoms with E-state index in [9.17, 15) is 4.79 Å². The molecule has 0 aromatic heterocycles. The molecule has 0 radical (unpaired) electrons. The minimum absolute atomic E-state index is 0.144. The quantitative estimate of drug-likeness (QED) is 0.616. The van der Waals surface area contributed by atoms with Gasteiger partial charge in [-0.1, -0.05) is 24.0 Å². The van der Waals surface area contributed by atoms with Crippen molar-refractivity contribution in [1.29, 1.82) is 0 Å². The van der Waals surface area contributed by atoms with Crippen molar-refractivity contribution in [1.82, 2.24) is 5.32 Å². The fourth-order valence-corrected chi connectivity index (χ4v) is 1.49. The highest BCUT2D eigenvalue weighted by atomic mass is 16.5. The lowest BCUT2D eigenvalue weighted by Gasteiger charge is -2.09. The Morgan fingerprint density at radius 1 is 1.42 bits per heavy atom. The van der Waals surface area contributed by atoms with Gasteiger partial charge >= 0.3 is 0 Å². The van der Waals surface area contributed by atoms with Crippen LogP contribution in [0.5, 0.6) is 0 Å². The summed E-state index contributed by atoms with van der Waals surface area (Å²) in [7, 11) is 0. The van der Waals surface area contributed by atoms with Crippen molar-refractivity contribution >= 4 is 5.91 Å². The molecule has 1 aromatic carbocycles. The lowest BCUT2D eigenvalue weighted by atomic mass is 10.1. The van der Waals surface area contributed by atoms with E-state index < -0.39 is 0 Å². The molecule has 0 bridgehead atoms. The number of benzene rings is 1. The van der Waals surface area contributed by atoms with Crippen LogP contribution >= 0.6 is 0 Å². The SMILES string of the molecule is CC(C)OCCNC(=O)c1ccccc1C#CCN. The molecule has 0 unspecified atom stereocenters. The lowest BCUT2D eigenvalue weighted by molar-refractivity contribution is 0.0746. The number of rotatable bonds is 5. The van der Waals surface area contributed by atoms with Gasteiger partial charge in [0.25, 0.3) is 5.91 Å². The third kappa shape index (κ3) is 5.56. The maximum Gasteiger partial charge on any atom is 0.252 e.